The first-order valence-electron chi connectivity index (χ1n) is 5.65. The molecule has 0 spiro atoms. The number of carbonyl (C=O) groups is 1. The van der Waals surface area contributed by atoms with Crippen LogP contribution in [0.2, 0.25) is 5.02 Å². The van der Waals surface area contributed by atoms with E-state index in [1.165, 1.54) is 6.92 Å². The Morgan fingerprint density at radius 1 is 1.16 bits per heavy atom. The van der Waals surface area contributed by atoms with Gasteiger partial charge in [0.15, 0.2) is 0 Å². The highest BCUT2D eigenvalue weighted by atomic mass is 35.5. The largest absolute Gasteiger partial charge is 0.457 e. The van der Waals surface area contributed by atoms with Crippen LogP contribution in [0.25, 0.3) is 0 Å². The number of hydrogen-bond acceptors (Lipinski definition) is 3. The summed E-state index contributed by atoms with van der Waals surface area (Å²) >= 11 is 5.80. The number of halogens is 1. The van der Waals surface area contributed by atoms with E-state index in [-0.39, 0.29) is 5.91 Å². The number of nitrogens with two attached hydrogens (primary N) is 1. The molecule has 0 aliphatic carbocycles. The topological polar surface area (TPSA) is 64.3 Å². The molecule has 19 heavy (non-hydrogen) atoms. The molecular weight excluding hydrogens is 264 g/mol. The lowest BCUT2D eigenvalue weighted by atomic mass is 10.2. The first-order chi connectivity index (χ1) is 9.04. The predicted octanol–water partition coefficient (Wildman–Crippen LogP) is 3.67. The summed E-state index contributed by atoms with van der Waals surface area (Å²) in [6.45, 7) is 1.42. The minimum atomic E-state index is -0.185. The average Bonchev–Trinajstić information content (AvgIpc) is 2.36. The lowest BCUT2D eigenvalue weighted by molar-refractivity contribution is -0.114. The van der Waals surface area contributed by atoms with E-state index in [1.54, 1.807) is 42.5 Å². The van der Waals surface area contributed by atoms with Gasteiger partial charge in [-0.25, -0.2) is 0 Å². The summed E-state index contributed by atoms with van der Waals surface area (Å²) in [7, 11) is 0. The number of ether oxygens (including phenoxy) is 1. The number of benzene rings is 2. The molecule has 0 atom stereocenters. The second-order valence-electron chi connectivity index (χ2n) is 3.99. The highest BCUT2D eigenvalue weighted by Gasteiger charge is 2.04. The Balaban J connectivity index is 2.21. The summed E-state index contributed by atoms with van der Waals surface area (Å²) in [6.07, 6.45) is 0. The highest BCUT2D eigenvalue weighted by molar-refractivity contribution is 6.30. The van der Waals surface area contributed by atoms with Crippen LogP contribution < -0.4 is 15.8 Å². The van der Waals surface area contributed by atoms with Crippen LogP contribution in [0.5, 0.6) is 11.5 Å². The lowest BCUT2D eigenvalue weighted by Crippen LogP contribution is -2.08. The summed E-state index contributed by atoms with van der Waals surface area (Å²) < 4.78 is 5.65. The maximum absolute atomic E-state index is 11.1. The van der Waals surface area contributed by atoms with Gasteiger partial charge in [-0.3, -0.25) is 4.79 Å². The van der Waals surface area contributed by atoms with Crippen LogP contribution in [0.4, 0.5) is 11.4 Å². The van der Waals surface area contributed by atoms with Gasteiger partial charge in [-0.2, -0.15) is 0 Å². The second kappa shape index (κ2) is 5.63. The standard InChI is InChI=1S/C14H13ClN2O2/c1-9(18)17-14-8-12(6-7-13(14)16)19-11-4-2-10(15)3-5-11/h2-8H,16H2,1H3,(H,17,18). The third kappa shape index (κ3) is 3.63. The molecule has 2 aromatic rings. The van der Waals surface area contributed by atoms with Gasteiger partial charge < -0.3 is 15.8 Å². The van der Waals surface area contributed by atoms with Crippen LogP contribution in [0.3, 0.4) is 0 Å². The smallest absolute Gasteiger partial charge is 0.221 e. The first kappa shape index (κ1) is 13.2. The number of hydrogen-bond donors (Lipinski definition) is 2. The molecule has 0 unspecified atom stereocenters. The minimum absolute atomic E-state index is 0.185. The molecule has 0 fully saturated rings. The van der Waals surface area contributed by atoms with E-state index < -0.39 is 0 Å². The third-order valence-corrected chi connectivity index (χ3v) is 2.64. The van der Waals surface area contributed by atoms with Crippen molar-refractivity contribution in [3.05, 3.63) is 47.5 Å². The van der Waals surface area contributed by atoms with E-state index in [0.717, 1.165) is 0 Å². The van der Waals surface area contributed by atoms with Gasteiger partial charge in [0.2, 0.25) is 5.91 Å². The van der Waals surface area contributed by atoms with E-state index in [9.17, 15) is 4.79 Å². The first-order valence-corrected chi connectivity index (χ1v) is 6.03. The van der Waals surface area contributed by atoms with Gasteiger partial charge in [-0.05, 0) is 36.4 Å². The van der Waals surface area contributed by atoms with Crippen molar-refractivity contribution in [1.29, 1.82) is 0 Å². The molecule has 0 heterocycles. The fourth-order valence-electron chi connectivity index (χ4n) is 1.54. The van der Waals surface area contributed by atoms with Crippen molar-refractivity contribution >= 4 is 28.9 Å². The molecule has 1 amide bonds. The molecule has 0 bridgehead atoms. The van der Waals surface area contributed by atoms with Crippen molar-refractivity contribution in [3.63, 3.8) is 0 Å². The van der Waals surface area contributed by atoms with Gasteiger partial charge in [-0.1, -0.05) is 11.6 Å². The summed E-state index contributed by atoms with van der Waals surface area (Å²) in [5.74, 6) is 1.05. The zero-order chi connectivity index (χ0) is 13.8. The van der Waals surface area contributed by atoms with Gasteiger partial charge in [0.05, 0.1) is 11.4 Å². The van der Waals surface area contributed by atoms with E-state index in [0.29, 0.717) is 27.9 Å². The molecule has 0 saturated heterocycles. The van der Waals surface area contributed by atoms with Crippen LogP contribution in [0, 0.1) is 0 Å². The highest BCUT2D eigenvalue weighted by Crippen LogP contribution is 2.28. The Morgan fingerprint density at radius 3 is 2.42 bits per heavy atom. The number of nitrogens with one attached hydrogen (secondary N) is 1. The van der Waals surface area contributed by atoms with Gasteiger partial charge in [0.1, 0.15) is 11.5 Å². The normalized spacial score (nSPS) is 10.0. The van der Waals surface area contributed by atoms with Crippen molar-refractivity contribution in [3.8, 4) is 11.5 Å². The van der Waals surface area contributed by atoms with Crippen molar-refractivity contribution in [2.24, 2.45) is 0 Å². The second-order valence-corrected chi connectivity index (χ2v) is 4.42. The monoisotopic (exact) mass is 276 g/mol. The number of nitrogen functional groups attached to an aromatic ring is 1. The predicted molar refractivity (Wildman–Crippen MR) is 76.7 cm³/mol. The Bertz CT molecular complexity index is 597. The van der Waals surface area contributed by atoms with E-state index in [4.69, 9.17) is 22.1 Å². The molecule has 0 aliphatic heterocycles. The molecule has 2 rings (SSSR count). The molecule has 2 aromatic carbocycles. The Hall–Kier alpha value is -2.20. The number of rotatable bonds is 3. The van der Waals surface area contributed by atoms with Gasteiger partial charge in [0.25, 0.3) is 0 Å². The van der Waals surface area contributed by atoms with Crippen LogP contribution >= 0.6 is 11.6 Å². The third-order valence-electron chi connectivity index (χ3n) is 2.38. The average molecular weight is 277 g/mol. The number of anilines is 2. The Morgan fingerprint density at radius 2 is 1.79 bits per heavy atom. The molecular formula is C14H13ClN2O2. The molecule has 0 radical (unpaired) electrons. The summed E-state index contributed by atoms with van der Waals surface area (Å²) in [6, 6.07) is 12.1. The van der Waals surface area contributed by atoms with Crippen molar-refractivity contribution in [2.45, 2.75) is 6.92 Å². The van der Waals surface area contributed by atoms with E-state index in [2.05, 4.69) is 5.32 Å². The van der Waals surface area contributed by atoms with Gasteiger partial charge in [-0.15, -0.1) is 0 Å². The SMILES string of the molecule is CC(=O)Nc1cc(Oc2ccc(Cl)cc2)ccc1N. The maximum Gasteiger partial charge on any atom is 0.221 e. The van der Waals surface area contributed by atoms with Crippen molar-refractivity contribution in [1.82, 2.24) is 0 Å². The molecule has 0 saturated carbocycles. The fraction of sp³-hybridized carbons (Fsp3) is 0.0714. The molecule has 98 valence electrons. The van der Waals surface area contributed by atoms with Crippen LogP contribution in [0.15, 0.2) is 42.5 Å². The lowest BCUT2D eigenvalue weighted by Gasteiger charge is -2.10. The van der Waals surface area contributed by atoms with E-state index >= 15 is 0 Å². The molecule has 0 aliphatic rings. The zero-order valence-electron chi connectivity index (χ0n) is 10.3. The Kier molecular flexibility index (Phi) is 3.92. The fourth-order valence-corrected chi connectivity index (χ4v) is 1.66. The molecule has 4 nitrogen and oxygen atoms in total. The van der Waals surface area contributed by atoms with Crippen LogP contribution in [-0.4, -0.2) is 5.91 Å². The van der Waals surface area contributed by atoms with Gasteiger partial charge in [0, 0.05) is 18.0 Å². The van der Waals surface area contributed by atoms with Crippen LogP contribution in [0.1, 0.15) is 6.92 Å². The number of carbonyl (C=O) groups excluding carboxylic acids is 1. The maximum atomic E-state index is 11.1. The van der Waals surface area contributed by atoms with E-state index in [1.807, 2.05) is 0 Å². The summed E-state index contributed by atoms with van der Waals surface area (Å²) in [4.78, 5) is 11.1. The summed E-state index contributed by atoms with van der Waals surface area (Å²) in [5.41, 5.74) is 6.77. The Labute approximate surface area is 116 Å². The van der Waals surface area contributed by atoms with Gasteiger partial charge >= 0.3 is 0 Å². The van der Waals surface area contributed by atoms with Crippen molar-refractivity contribution in [2.75, 3.05) is 11.1 Å². The zero-order valence-corrected chi connectivity index (χ0v) is 11.1. The molecule has 0 aromatic heterocycles. The number of amides is 1. The summed E-state index contributed by atoms with van der Waals surface area (Å²) in [5, 5.41) is 3.29. The van der Waals surface area contributed by atoms with Crippen LogP contribution in [-0.2, 0) is 4.79 Å². The quantitative estimate of drug-likeness (QED) is 0.841. The molecule has 5 heteroatoms. The molecule has 3 N–H and O–H groups in total. The van der Waals surface area contributed by atoms with Crippen molar-refractivity contribution < 1.29 is 9.53 Å². The minimum Gasteiger partial charge on any atom is -0.457 e.